The Morgan fingerprint density at radius 3 is 2.80 bits per heavy atom. The van der Waals surface area contributed by atoms with Crippen molar-refractivity contribution in [2.24, 2.45) is 10.9 Å². The summed E-state index contributed by atoms with van der Waals surface area (Å²) in [5, 5.41) is 20.9. The topological polar surface area (TPSA) is 95.0 Å². The van der Waals surface area contributed by atoms with E-state index in [1.807, 2.05) is 13.0 Å². The van der Waals surface area contributed by atoms with Crippen molar-refractivity contribution < 1.29 is 10.3 Å². The van der Waals surface area contributed by atoms with Crippen LogP contribution in [-0.4, -0.2) is 40.3 Å². The molecule has 4 N–H and O–H groups in total. The van der Waals surface area contributed by atoms with Crippen LogP contribution in [-0.2, 0) is 0 Å². The van der Waals surface area contributed by atoms with Crippen LogP contribution in [0.25, 0.3) is 0 Å². The highest BCUT2D eigenvalue weighted by Gasteiger charge is 2.26. The molecule has 6 heteroatoms. The van der Waals surface area contributed by atoms with Crippen LogP contribution in [0.2, 0.25) is 0 Å². The summed E-state index contributed by atoms with van der Waals surface area (Å²) in [6.45, 7) is 2.83. The number of pyridine rings is 1. The van der Waals surface area contributed by atoms with E-state index >= 15 is 0 Å². The van der Waals surface area contributed by atoms with Gasteiger partial charge in [0.1, 0.15) is 5.82 Å². The van der Waals surface area contributed by atoms with Gasteiger partial charge in [0.05, 0.1) is 0 Å². The van der Waals surface area contributed by atoms with Crippen LogP contribution >= 0.6 is 0 Å². The van der Waals surface area contributed by atoms with E-state index in [1.54, 1.807) is 6.07 Å². The number of rotatable bonds is 6. The maximum atomic E-state index is 9.05. The first-order valence-electron chi connectivity index (χ1n) is 6.99. The second-order valence-corrected chi connectivity index (χ2v) is 5.20. The molecule has 1 aliphatic rings. The number of hydrogen-bond acceptors (Lipinski definition) is 5. The first-order chi connectivity index (χ1) is 9.65. The Kier molecular flexibility index (Phi) is 4.79. The summed E-state index contributed by atoms with van der Waals surface area (Å²) in [6.07, 6.45) is 4.25. The fraction of sp³-hybridized carbons (Fsp3) is 0.571. The third kappa shape index (κ3) is 3.19. The zero-order chi connectivity index (χ0) is 14.5. The predicted molar refractivity (Wildman–Crippen MR) is 78.2 cm³/mol. The zero-order valence-electron chi connectivity index (χ0n) is 11.8. The van der Waals surface area contributed by atoms with Gasteiger partial charge in [0, 0.05) is 30.5 Å². The average molecular weight is 278 g/mol. The molecule has 0 aliphatic heterocycles. The van der Waals surface area contributed by atoms with Crippen molar-refractivity contribution in [3.63, 3.8) is 0 Å². The Morgan fingerprint density at radius 1 is 1.50 bits per heavy atom. The molecule has 1 aliphatic carbocycles. The van der Waals surface area contributed by atoms with E-state index in [1.165, 1.54) is 6.42 Å². The lowest BCUT2D eigenvalue weighted by Crippen LogP contribution is -2.41. The molecule has 0 unspecified atom stereocenters. The van der Waals surface area contributed by atoms with Gasteiger partial charge >= 0.3 is 0 Å². The molecule has 1 fully saturated rings. The van der Waals surface area contributed by atoms with Crippen molar-refractivity contribution in [2.75, 3.05) is 18.1 Å². The van der Waals surface area contributed by atoms with Crippen LogP contribution in [0.5, 0.6) is 0 Å². The molecule has 1 heterocycles. The van der Waals surface area contributed by atoms with Crippen LogP contribution in [0.3, 0.4) is 0 Å². The van der Waals surface area contributed by atoms with Gasteiger partial charge in [-0.15, -0.1) is 0 Å². The maximum Gasteiger partial charge on any atom is 0.170 e. The molecule has 1 aromatic heterocycles. The van der Waals surface area contributed by atoms with Gasteiger partial charge in [0.15, 0.2) is 5.84 Å². The summed E-state index contributed by atoms with van der Waals surface area (Å²) in [7, 11) is 0. The third-order valence-electron chi connectivity index (χ3n) is 3.71. The molecule has 2 rings (SSSR count). The minimum absolute atomic E-state index is 0.0902. The highest BCUT2D eigenvalue weighted by Crippen LogP contribution is 2.29. The summed E-state index contributed by atoms with van der Waals surface area (Å²) >= 11 is 0. The molecule has 0 saturated heterocycles. The molecule has 0 radical (unpaired) electrons. The highest BCUT2D eigenvalue weighted by molar-refractivity contribution is 5.97. The van der Waals surface area contributed by atoms with Gasteiger partial charge in [-0.25, -0.2) is 4.98 Å². The van der Waals surface area contributed by atoms with E-state index in [0.29, 0.717) is 18.0 Å². The zero-order valence-corrected chi connectivity index (χ0v) is 11.8. The molecule has 1 aromatic rings. The Hall–Kier alpha value is -1.82. The SMILES string of the molecule is Cc1cc(/C(N)=N/O)cc(N(CCCO)C2CCC2)n1. The van der Waals surface area contributed by atoms with Crippen molar-refractivity contribution in [1.29, 1.82) is 0 Å². The van der Waals surface area contributed by atoms with Gasteiger partial charge in [-0.3, -0.25) is 0 Å². The fourth-order valence-electron chi connectivity index (χ4n) is 2.43. The minimum atomic E-state index is 0.0902. The predicted octanol–water partition coefficient (Wildman–Crippen LogP) is 1.23. The van der Waals surface area contributed by atoms with Crippen LogP contribution in [0.15, 0.2) is 17.3 Å². The van der Waals surface area contributed by atoms with E-state index in [4.69, 9.17) is 16.0 Å². The Bertz CT molecular complexity index is 486. The molecule has 6 nitrogen and oxygen atoms in total. The van der Waals surface area contributed by atoms with E-state index in [2.05, 4.69) is 15.0 Å². The van der Waals surface area contributed by atoms with Crippen molar-refractivity contribution in [1.82, 2.24) is 4.98 Å². The van der Waals surface area contributed by atoms with Crippen molar-refractivity contribution in [3.8, 4) is 0 Å². The highest BCUT2D eigenvalue weighted by atomic mass is 16.4. The van der Waals surface area contributed by atoms with Gasteiger partial charge in [0.25, 0.3) is 0 Å². The Morgan fingerprint density at radius 2 is 2.25 bits per heavy atom. The van der Waals surface area contributed by atoms with E-state index < -0.39 is 0 Å². The van der Waals surface area contributed by atoms with E-state index in [9.17, 15) is 0 Å². The molecule has 0 spiro atoms. The molecule has 0 aromatic carbocycles. The number of anilines is 1. The molecule has 0 amide bonds. The number of aryl methyl sites for hydroxylation is 1. The summed E-state index contributed by atoms with van der Waals surface area (Å²) in [5.74, 6) is 0.928. The fourth-order valence-corrected chi connectivity index (χ4v) is 2.43. The third-order valence-corrected chi connectivity index (χ3v) is 3.71. The number of aliphatic hydroxyl groups is 1. The summed E-state index contributed by atoms with van der Waals surface area (Å²) in [4.78, 5) is 6.78. The second-order valence-electron chi connectivity index (χ2n) is 5.20. The molecule has 0 bridgehead atoms. The molecular weight excluding hydrogens is 256 g/mol. The monoisotopic (exact) mass is 278 g/mol. The van der Waals surface area contributed by atoms with Crippen molar-refractivity contribution in [3.05, 3.63) is 23.4 Å². The van der Waals surface area contributed by atoms with Gasteiger partial charge in [0.2, 0.25) is 0 Å². The minimum Gasteiger partial charge on any atom is -0.409 e. The lowest BCUT2D eigenvalue weighted by atomic mass is 9.91. The number of oxime groups is 1. The number of hydrogen-bond donors (Lipinski definition) is 3. The smallest absolute Gasteiger partial charge is 0.170 e. The molecule has 20 heavy (non-hydrogen) atoms. The average Bonchev–Trinajstić information content (AvgIpc) is 2.39. The largest absolute Gasteiger partial charge is 0.409 e. The van der Waals surface area contributed by atoms with Crippen molar-refractivity contribution in [2.45, 2.75) is 38.6 Å². The van der Waals surface area contributed by atoms with Crippen LogP contribution in [0.1, 0.15) is 36.9 Å². The summed E-state index contributed by atoms with van der Waals surface area (Å²) in [5.41, 5.74) is 7.17. The van der Waals surface area contributed by atoms with Crippen LogP contribution < -0.4 is 10.6 Å². The number of aliphatic hydroxyl groups excluding tert-OH is 1. The summed E-state index contributed by atoms with van der Waals surface area (Å²) in [6, 6.07) is 4.12. The standard InChI is InChI=1S/C14H22N4O2/c1-10-8-11(14(15)17-20)9-13(16-10)18(6-3-7-19)12-4-2-5-12/h8-9,12,19-20H,2-7H2,1H3,(H2,15,17). The van der Waals surface area contributed by atoms with E-state index in [-0.39, 0.29) is 12.4 Å². The molecule has 0 atom stereocenters. The van der Waals surface area contributed by atoms with Crippen LogP contribution in [0, 0.1) is 6.92 Å². The van der Waals surface area contributed by atoms with Gasteiger partial charge in [-0.05, 0) is 44.7 Å². The van der Waals surface area contributed by atoms with E-state index in [0.717, 1.165) is 30.9 Å². The van der Waals surface area contributed by atoms with Crippen molar-refractivity contribution >= 4 is 11.7 Å². The molecule has 110 valence electrons. The second kappa shape index (κ2) is 6.56. The Labute approximate surface area is 118 Å². The number of nitrogens with two attached hydrogens (primary N) is 1. The Balaban J connectivity index is 2.29. The van der Waals surface area contributed by atoms with Gasteiger partial charge < -0.3 is 20.9 Å². The molecule has 1 saturated carbocycles. The lowest BCUT2D eigenvalue weighted by Gasteiger charge is -2.38. The quantitative estimate of drug-likeness (QED) is 0.315. The van der Waals surface area contributed by atoms with Crippen LogP contribution in [0.4, 0.5) is 5.82 Å². The normalized spacial score (nSPS) is 16.0. The number of nitrogens with zero attached hydrogens (tertiary/aromatic N) is 3. The number of aromatic nitrogens is 1. The van der Waals surface area contributed by atoms with Gasteiger partial charge in [-0.1, -0.05) is 5.16 Å². The molecular formula is C14H22N4O2. The van der Waals surface area contributed by atoms with Gasteiger partial charge in [-0.2, -0.15) is 0 Å². The summed E-state index contributed by atoms with van der Waals surface area (Å²) < 4.78 is 0. The first-order valence-corrected chi connectivity index (χ1v) is 6.99. The first kappa shape index (κ1) is 14.6. The number of amidine groups is 1. The lowest BCUT2D eigenvalue weighted by molar-refractivity contribution is 0.282. The maximum absolute atomic E-state index is 9.05.